The van der Waals surface area contributed by atoms with Gasteiger partial charge in [0.15, 0.2) is 5.78 Å². The number of amides is 2. The maximum Gasteiger partial charge on any atom is 0.317 e. The highest BCUT2D eigenvalue weighted by atomic mass is 16.5. The van der Waals surface area contributed by atoms with Gasteiger partial charge in [0.1, 0.15) is 5.75 Å². The smallest absolute Gasteiger partial charge is 0.317 e. The third kappa shape index (κ3) is 4.79. The number of nitrogens with zero attached hydrogens (tertiary/aromatic N) is 1. The summed E-state index contributed by atoms with van der Waals surface area (Å²) in [6.45, 7) is 9.95. The molecule has 9 atom stereocenters. The molecule has 1 unspecified atom stereocenters. The summed E-state index contributed by atoms with van der Waals surface area (Å²) in [5, 5.41) is 26.9. The highest BCUT2D eigenvalue weighted by Crippen LogP contribution is 2.78. The van der Waals surface area contributed by atoms with Crippen LogP contribution in [0.3, 0.4) is 0 Å². The summed E-state index contributed by atoms with van der Waals surface area (Å²) in [5.74, 6) is 0.961. The number of carbonyl (C=O) groups is 2. The molecule has 0 aromatic heterocycles. The Kier molecular flexibility index (Phi) is 8.00. The number of nitrogens with one attached hydrogen (secondary N) is 1. The number of allylic oxidation sites excluding steroid dienone is 4. The van der Waals surface area contributed by atoms with Gasteiger partial charge in [0.2, 0.25) is 0 Å². The van der Waals surface area contributed by atoms with E-state index in [2.05, 4.69) is 37.4 Å². The molecule has 1 aromatic carbocycles. The van der Waals surface area contributed by atoms with E-state index in [1.807, 2.05) is 38.1 Å². The first-order valence-corrected chi connectivity index (χ1v) is 18.0. The van der Waals surface area contributed by atoms with Crippen molar-refractivity contribution in [3.05, 3.63) is 53.6 Å². The molecule has 2 amide bonds. The Morgan fingerprint density at radius 1 is 1.02 bits per heavy atom. The summed E-state index contributed by atoms with van der Waals surface area (Å²) in [4.78, 5) is 30.2. The molecule has 4 fully saturated rings. The van der Waals surface area contributed by atoms with Crippen molar-refractivity contribution < 1.29 is 29.3 Å². The lowest BCUT2D eigenvalue weighted by molar-refractivity contribution is -0.175. The van der Waals surface area contributed by atoms with Gasteiger partial charge in [0.25, 0.3) is 0 Å². The van der Waals surface area contributed by atoms with E-state index >= 15 is 0 Å². The molecular formula is C39H54N2O6. The van der Waals surface area contributed by atoms with Crippen LogP contribution >= 0.6 is 0 Å². The van der Waals surface area contributed by atoms with Crippen molar-refractivity contribution >= 4 is 11.8 Å². The van der Waals surface area contributed by atoms with Gasteiger partial charge >= 0.3 is 6.03 Å². The predicted molar refractivity (Wildman–Crippen MR) is 180 cm³/mol. The second-order valence-electron chi connectivity index (χ2n) is 16.5. The van der Waals surface area contributed by atoms with Gasteiger partial charge < -0.3 is 29.9 Å². The number of aliphatic hydroxyl groups is 2. The van der Waals surface area contributed by atoms with Crippen molar-refractivity contribution in [3.8, 4) is 5.75 Å². The first-order valence-electron chi connectivity index (χ1n) is 18.0. The van der Waals surface area contributed by atoms with E-state index in [0.717, 1.165) is 50.5 Å². The number of hydrogen-bond donors (Lipinski definition) is 3. The summed E-state index contributed by atoms with van der Waals surface area (Å²) in [6, 6.07) is 7.22. The van der Waals surface area contributed by atoms with Gasteiger partial charge in [0, 0.05) is 46.6 Å². The molecular weight excluding hydrogens is 592 g/mol. The number of ether oxygens (including phenoxy) is 2. The van der Waals surface area contributed by atoms with Crippen LogP contribution in [0.15, 0.2) is 48.1 Å². The van der Waals surface area contributed by atoms with Crippen molar-refractivity contribution in [1.29, 1.82) is 0 Å². The summed E-state index contributed by atoms with van der Waals surface area (Å²) in [5.41, 5.74) is -1.22. The van der Waals surface area contributed by atoms with E-state index in [-0.39, 0.29) is 53.2 Å². The van der Waals surface area contributed by atoms with Crippen molar-refractivity contribution in [1.82, 2.24) is 10.2 Å². The highest BCUT2D eigenvalue weighted by Gasteiger charge is 2.74. The monoisotopic (exact) mass is 646 g/mol. The van der Waals surface area contributed by atoms with Gasteiger partial charge in [-0.15, -0.1) is 0 Å². The van der Waals surface area contributed by atoms with Crippen LogP contribution in [0, 0.1) is 33.5 Å². The van der Waals surface area contributed by atoms with Crippen LogP contribution in [0.1, 0.15) is 95.8 Å². The number of hydrogen-bond acceptors (Lipinski definition) is 6. The van der Waals surface area contributed by atoms with E-state index in [4.69, 9.17) is 9.47 Å². The summed E-state index contributed by atoms with van der Waals surface area (Å²) in [7, 11) is 1.63. The molecule has 0 radical (unpaired) electrons. The minimum atomic E-state index is -1.12. The maximum atomic E-state index is 14.8. The molecule has 7 aliphatic rings. The zero-order valence-corrected chi connectivity index (χ0v) is 28.9. The van der Waals surface area contributed by atoms with E-state index in [1.54, 1.807) is 12.0 Å². The molecule has 3 saturated carbocycles. The fourth-order valence-electron chi connectivity index (χ4n) is 11.4. The average molecular weight is 647 g/mol. The van der Waals surface area contributed by atoms with Gasteiger partial charge in [-0.1, -0.05) is 32.1 Å². The largest absolute Gasteiger partial charge is 0.497 e. The molecule has 1 aromatic rings. The second kappa shape index (κ2) is 11.4. The number of fused-ring (bicyclic) bond motifs is 1. The van der Waals surface area contributed by atoms with Gasteiger partial charge in [-0.05, 0) is 113 Å². The minimum Gasteiger partial charge on any atom is -0.497 e. The second-order valence-corrected chi connectivity index (χ2v) is 16.5. The standard InChI is InChI=1S/C39H54N2O6/c1-25(2)40-34(44)41(23-29-7-6-20-47-29)24-38(45)17-14-32-36(38,4)16-13-31-35(3)15-12-27(42)21-37(35)18-19-39(31,32)30(22-37)33(43)26-8-10-28(46-5)11-9-26/h8-11,18-19,22,25,27,29,31-32,42,45H,6-7,12-17,20-21,23-24H2,1-5H3,(H,40,44)/t27?,29-,31-,32-,35-,36+,37+,38-,39-/m1/s1. The lowest BCUT2D eigenvalue weighted by Gasteiger charge is -2.71. The molecule has 2 bridgehead atoms. The first-order chi connectivity index (χ1) is 22.3. The summed E-state index contributed by atoms with van der Waals surface area (Å²) in [6.07, 6.45) is 13.7. The molecule has 1 aliphatic heterocycles. The fraction of sp³-hybridized carbons (Fsp3) is 0.692. The van der Waals surface area contributed by atoms with E-state index in [0.29, 0.717) is 37.3 Å². The van der Waals surface area contributed by atoms with Crippen molar-refractivity contribution in [2.24, 2.45) is 33.5 Å². The third-order valence-corrected chi connectivity index (χ3v) is 13.9. The number of urea groups is 1. The average Bonchev–Trinajstić information content (AvgIpc) is 3.65. The Morgan fingerprint density at radius 3 is 2.40 bits per heavy atom. The van der Waals surface area contributed by atoms with Gasteiger partial charge in [-0.3, -0.25) is 4.79 Å². The first kappa shape index (κ1) is 32.8. The summed E-state index contributed by atoms with van der Waals surface area (Å²) < 4.78 is 11.4. The van der Waals surface area contributed by atoms with E-state index in [9.17, 15) is 19.8 Å². The van der Waals surface area contributed by atoms with Crippen molar-refractivity contribution in [2.75, 3.05) is 26.8 Å². The Bertz CT molecular complexity index is 1470. The zero-order valence-electron chi connectivity index (χ0n) is 28.9. The lowest BCUT2D eigenvalue weighted by atomic mass is 9.32. The van der Waals surface area contributed by atoms with Crippen molar-refractivity contribution in [2.45, 2.75) is 109 Å². The van der Waals surface area contributed by atoms with Crippen molar-refractivity contribution in [3.63, 3.8) is 0 Å². The molecule has 47 heavy (non-hydrogen) atoms. The van der Waals surface area contributed by atoms with Crippen LogP contribution in [0.5, 0.6) is 5.75 Å². The summed E-state index contributed by atoms with van der Waals surface area (Å²) >= 11 is 0. The molecule has 8 nitrogen and oxygen atoms in total. The molecule has 8 heteroatoms. The third-order valence-electron chi connectivity index (χ3n) is 13.9. The number of carbonyl (C=O) groups excluding carboxylic acids is 2. The Balaban J connectivity index is 1.29. The predicted octanol–water partition coefficient (Wildman–Crippen LogP) is 6.07. The molecule has 3 N–H and O–H groups in total. The van der Waals surface area contributed by atoms with Crippen LogP contribution in [0.2, 0.25) is 0 Å². The Labute approximate surface area is 280 Å². The number of ketones is 1. The highest BCUT2D eigenvalue weighted by molar-refractivity contribution is 6.10. The SMILES string of the molecule is COc1ccc(C(=O)C2=C[C@@]34C=C[C@@]25[C@@H]2CC[C@@](O)(CN(C[C@H]6CCCO6)C(=O)NC(C)C)[C@@]2(C)CC[C@@H]5[C@@]3(C)CCC(O)C4)cc1. The zero-order chi connectivity index (χ0) is 33.4. The molecule has 6 aliphatic carbocycles. The van der Waals surface area contributed by atoms with E-state index in [1.165, 1.54) is 0 Å². The topological polar surface area (TPSA) is 108 Å². The van der Waals surface area contributed by atoms with Gasteiger partial charge in [-0.2, -0.15) is 0 Å². The van der Waals surface area contributed by atoms with Crippen LogP contribution in [-0.4, -0.2) is 77.6 Å². The Hall–Kier alpha value is -2.68. The van der Waals surface area contributed by atoms with Crippen LogP contribution in [0.4, 0.5) is 4.79 Å². The fourth-order valence-corrected chi connectivity index (χ4v) is 11.4. The lowest BCUT2D eigenvalue weighted by Crippen LogP contribution is -2.67. The molecule has 2 spiro atoms. The number of benzene rings is 1. The van der Waals surface area contributed by atoms with Crippen LogP contribution in [0.25, 0.3) is 0 Å². The normalized spacial score (nSPS) is 41.6. The van der Waals surface area contributed by atoms with Crippen LogP contribution in [-0.2, 0) is 4.74 Å². The molecule has 1 saturated heterocycles. The minimum absolute atomic E-state index is 0.0168. The van der Waals surface area contributed by atoms with Crippen LogP contribution < -0.4 is 10.1 Å². The van der Waals surface area contributed by atoms with Gasteiger partial charge in [-0.25, -0.2) is 4.79 Å². The number of Topliss-reactive ketones (excluding diaryl/α,β-unsaturated/α-hetero) is 1. The quantitative estimate of drug-likeness (QED) is 0.234. The molecule has 1 heterocycles. The molecule has 8 rings (SSSR count). The number of rotatable bonds is 8. The number of methoxy groups -OCH3 is 1. The maximum absolute atomic E-state index is 14.8. The van der Waals surface area contributed by atoms with E-state index < -0.39 is 22.5 Å². The van der Waals surface area contributed by atoms with Gasteiger partial charge in [0.05, 0.1) is 31.5 Å². The Morgan fingerprint density at radius 2 is 1.72 bits per heavy atom. The molecule has 256 valence electrons. The number of aliphatic hydroxyl groups excluding tert-OH is 1.